The van der Waals surface area contributed by atoms with Crippen LogP contribution in [0.5, 0.6) is 0 Å². The Labute approximate surface area is 118 Å². The highest BCUT2D eigenvalue weighted by molar-refractivity contribution is 5.85. The van der Waals surface area contributed by atoms with Gasteiger partial charge in [-0.3, -0.25) is 4.79 Å². The molecule has 0 radical (unpaired) electrons. The van der Waals surface area contributed by atoms with Gasteiger partial charge in [0.05, 0.1) is 0 Å². The van der Waals surface area contributed by atoms with Crippen LogP contribution in [0, 0.1) is 16.7 Å². The summed E-state index contributed by atoms with van der Waals surface area (Å²) in [5, 5.41) is 0. The van der Waals surface area contributed by atoms with Gasteiger partial charge >= 0.3 is 0 Å². The second-order valence-corrected chi connectivity index (χ2v) is 7.61. The Kier molecular flexibility index (Phi) is 4.23. The van der Waals surface area contributed by atoms with Gasteiger partial charge in [0.25, 0.3) is 0 Å². The molecule has 0 saturated heterocycles. The molecular formula is C18H30O. The molecule has 0 aromatic rings. The number of carbonyl (C=O) groups is 1. The minimum absolute atomic E-state index is 0.00375. The molecule has 0 aromatic heterocycles. The largest absolute Gasteiger partial charge is 0.299 e. The van der Waals surface area contributed by atoms with E-state index in [0.29, 0.717) is 17.1 Å². The van der Waals surface area contributed by atoms with Crippen LogP contribution in [-0.2, 0) is 4.79 Å². The average Bonchev–Trinajstić information content (AvgIpc) is 2.31. The number of ketones is 1. The smallest absolute Gasteiger partial charge is 0.139 e. The topological polar surface area (TPSA) is 17.1 Å². The van der Waals surface area contributed by atoms with Gasteiger partial charge in [0.2, 0.25) is 0 Å². The van der Waals surface area contributed by atoms with Crippen molar-refractivity contribution in [1.29, 1.82) is 0 Å². The summed E-state index contributed by atoms with van der Waals surface area (Å²) in [5.74, 6) is 1.18. The van der Waals surface area contributed by atoms with E-state index in [0.717, 1.165) is 19.3 Å². The van der Waals surface area contributed by atoms with Crippen molar-refractivity contribution in [3.8, 4) is 0 Å². The molecule has 0 N–H and O–H groups in total. The zero-order valence-electron chi connectivity index (χ0n) is 13.2. The molecule has 0 amide bonds. The minimum Gasteiger partial charge on any atom is -0.299 e. The lowest BCUT2D eigenvalue weighted by molar-refractivity contribution is -0.144. The summed E-state index contributed by atoms with van der Waals surface area (Å²) < 4.78 is 0. The maximum absolute atomic E-state index is 12.4. The van der Waals surface area contributed by atoms with Gasteiger partial charge in [-0.1, -0.05) is 31.9 Å². The third kappa shape index (κ3) is 2.80. The van der Waals surface area contributed by atoms with Crippen molar-refractivity contribution in [2.75, 3.05) is 0 Å². The van der Waals surface area contributed by atoms with Gasteiger partial charge in [0.1, 0.15) is 5.78 Å². The summed E-state index contributed by atoms with van der Waals surface area (Å²) in [6.07, 6.45) is 11.7. The van der Waals surface area contributed by atoms with Gasteiger partial charge in [-0.15, -0.1) is 0 Å². The summed E-state index contributed by atoms with van der Waals surface area (Å²) in [6, 6.07) is 0. The summed E-state index contributed by atoms with van der Waals surface area (Å²) in [7, 11) is 0. The monoisotopic (exact) mass is 262 g/mol. The third-order valence-electron chi connectivity index (χ3n) is 5.86. The molecule has 0 heterocycles. The Morgan fingerprint density at radius 3 is 2.68 bits per heavy atom. The van der Waals surface area contributed by atoms with E-state index >= 15 is 0 Å². The lowest BCUT2D eigenvalue weighted by atomic mass is 9.50. The van der Waals surface area contributed by atoms with E-state index in [2.05, 4.69) is 33.8 Å². The van der Waals surface area contributed by atoms with Crippen molar-refractivity contribution in [2.24, 2.45) is 16.7 Å². The second-order valence-electron chi connectivity index (χ2n) is 7.61. The maximum atomic E-state index is 12.4. The highest BCUT2D eigenvalue weighted by atomic mass is 16.1. The van der Waals surface area contributed by atoms with Crippen molar-refractivity contribution < 1.29 is 4.79 Å². The van der Waals surface area contributed by atoms with E-state index in [1.165, 1.54) is 37.7 Å². The van der Waals surface area contributed by atoms with Crippen LogP contribution >= 0.6 is 0 Å². The Morgan fingerprint density at radius 1 is 1.26 bits per heavy atom. The third-order valence-corrected chi connectivity index (χ3v) is 5.86. The van der Waals surface area contributed by atoms with E-state index in [4.69, 9.17) is 0 Å². The Balaban J connectivity index is 2.15. The summed E-state index contributed by atoms with van der Waals surface area (Å²) in [4.78, 5) is 12.4. The Morgan fingerprint density at radius 2 is 2.00 bits per heavy atom. The molecule has 0 spiro atoms. The van der Waals surface area contributed by atoms with E-state index in [-0.39, 0.29) is 5.41 Å². The van der Waals surface area contributed by atoms with Crippen LogP contribution in [0.2, 0.25) is 0 Å². The zero-order chi connectivity index (χ0) is 14.1. The van der Waals surface area contributed by atoms with Crippen LogP contribution in [0.15, 0.2) is 11.6 Å². The average molecular weight is 262 g/mol. The number of allylic oxidation sites excluding steroid dienone is 2. The van der Waals surface area contributed by atoms with Gasteiger partial charge in [-0.2, -0.15) is 0 Å². The molecule has 0 bridgehead atoms. The first-order valence-electron chi connectivity index (χ1n) is 8.05. The number of rotatable bonds is 3. The fourth-order valence-corrected chi connectivity index (χ4v) is 4.72. The van der Waals surface area contributed by atoms with Crippen LogP contribution < -0.4 is 0 Å². The molecule has 0 aromatic carbocycles. The summed E-state index contributed by atoms with van der Waals surface area (Å²) in [6.45, 7) is 9.07. The molecule has 3 atom stereocenters. The first-order valence-corrected chi connectivity index (χ1v) is 8.05. The SMILES string of the molecule is CC(C)=CCC[C@]1(C)CCC[C@]2(C)C(=O)CCC[C@@H]12. The first kappa shape index (κ1) is 14.8. The molecule has 1 heteroatoms. The maximum Gasteiger partial charge on any atom is 0.139 e. The first-order chi connectivity index (χ1) is 8.88. The molecular weight excluding hydrogens is 232 g/mol. The fraction of sp³-hybridized carbons (Fsp3) is 0.833. The second kappa shape index (κ2) is 5.42. The highest BCUT2D eigenvalue weighted by Gasteiger charge is 2.52. The quantitative estimate of drug-likeness (QED) is 0.631. The summed E-state index contributed by atoms with van der Waals surface area (Å²) in [5.41, 5.74) is 1.80. The Hall–Kier alpha value is -0.590. The van der Waals surface area contributed by atoms with E-state index in [1.807, 2.05) is 0 Å². The predicted molar refractivity (Wildman–Crippen MR) is 81.1 cm³/mol. The minimum atomic E-state index is -0.00375. The lowest BCUT2D eigenvalue weighted by Gasteiger charge is -2.54. The van der Waals surface area contributed by atoms with Gasteiger partial charge in [0, 0.05) is 11.8 Å². The molecule has 2 aliphatic rings. The van der Waals surface area contributed by atoms with E-state index < -0.39 is 0 Å². The standard InChI is InChI=1S/C18H30O/c1-14(2)8-6-11-17(3)12-7-13-18(4)15(17)9-5-10-16(18)19/h8,15H,5-7,9-13H2,1-4H3/t15-,17+,18-/m0/s1. The Bertz CT molecular complexity index is 377. The van der Waals surface area contributed by atoms with Crippen LogP contribution in [-0.4, -0.2) is 5.78 Å². The molecule has 2 saturated carbocycles. The van der Waals surface area contributed by atoms with Gasteiger partial charge in [-0.25, -0.2) is 0 Å². The molecule has 2 aliphatic carbocycles. The van der Waals surface area contributed by atoms with Crippen LogP contribution in [0.1, 0.15) is 79.1 Å². The number of hydrogen-bond acceptors (Lipinski definition) is 1. The van der Waals surface area contributed by atoms with Gasteiger partial charge in [0.15, 0.2) is 0 Å². The fourth-order valence-electron chi connectivity index (χ4n) is 4.72. The van der Waals surface area contributed by atoms with Crippen molar-refractivity contribution in [3.05, 3.63) is 11.6 Å². The van der Waals surface area contributed by atoms with E-state index in [9.17, 15) is 4.79 Å². The van der Waals surface area contributed by atoms with Crippen molar-refractivity contribution in [2.45, 2.75) is 79.1 Å². The molecule has 0 aliphatic heterocycles. The molecule has 0 unspecified atom stereocenters. The van der Waals surface area contributed by atoms with Crippen LogP contribution in [0.25, 0.3) is 0 Å². The van der Waals surface area contributed by atoms with Crippen LogP contribution in [0.3, 0.4) is 0 Å². The molecule has 19 heavy (non-hydrogen) atoms. The van der Waals surface area contributed by atoms with Crippen molar-refractivity contribution in [1.82, 2.24) is 0 Å². The molecule has 1 nitrogen and oxygen atoms in total. The van der Waals surface area contributed by atoms with Gasteiger partial charge in [-0.05, 0) is 63.7 Å². The zero-order valence-corrected chi connectivity index (χ0v) is 13.2. The molecule has 2 rings (SSSR count). The predicted octanol–water partition coefficient (Wildman–Crippen LogP) is 5.30. The lowest BCUT2D eigenvalue weighted by Crippen LogP contribution is -2.50. The number of hydrogen-bond donors (Lipinski definition) is 0. The highest BCUT2D eigenvalue weighted by Crippen LogP contribution is 2.58. The molecule has 108 valence electrons. The number of Topliss-reactive ketones (excluding diaryl/α,β-unsaturated/α-hetero) is 1. The van der Waals surface area contributed by atoms with Crippen LogP contribution in [0.4, 0.5) is 0 Å². The van der Waals surface area contributed by atoms with Gasteiger partial charge < -0.3 is 0 Å². The number of carbonyl (C=O) groups excluding carboxylic acids is 1. The normalized spacial score (nSPS) is 38.7. The summed E-state index contributed by atoms with van der Waals surface area (Å²) >= 11 is 0. The molecule has 2 fully saturated rings. The van der Waals surface area contributed by atoms with Crippen molar-refractivity contribution >= 4 is 5.78 Å². The van der Waals surface area contributed by atoms with Crippen molar-refractivity contribution in [3.63, 3.8) is 0 Å². The van der Waals surface area contributed by atoms with E-state index in [1.54, 1.807) is 0 Å². The number of fused-ring (bicyclic) bond motifs is 1.